The largest absolute Gasteiger partial charge is 0.493 e. The molecule has 2 atom stereocenters. The van der Waals surface area contributed by atoms with Crippen molar-refractivity contribution in [2.75, 3.05) is 27.9 Å². The van der Waals surface area contributed by atoms with E-state index >= 15 is 0 Å². The van der Waals surface area contributed by atoms with Crippen LogP contribution < -0.4 is 18.9 Å². The van der Waals surface area contributed by atoms with Crippen molar-refractivity contribution in [2.24, 2.45) is 0 Å². The van der Waals surface area contributed by atoms with Crippen LogP contribution in [0.1, 0.15) is 23.1 Å². The lowest BCUT2D eigenvalue weighted by Crippen LogP contribution is -2.13. The van der Waals surface area contributed by atoms with Crippen LogP contribution in [-0.2, 0) is 0 Å². The number of fused-ring (bicyclic) bond motifs is 1. The van der Waals surface area contributed by atoms with Crippen molar-refractivity contribution in [1.29, 1.82) is 0 Å². The van der Waals surface area contributed by atoms with Crippen LogP contribution in [0.25, 0.3) is 0 Å². The Labute approximate surface area is 135 Å². The normalized spacial score (nSPS) is 19.0. The molecule has 122 valence electrons. The van der Waals surface area contributed by atoms with Gasteiger partial charge in [0, 0.05) is 5.56 Å². The van der Waals surface area contributed by atoms with Crippen LogP contribution in [0.15, 0.2) is 36.4 Å². The van der Waals surface area contributed by atoms with Gasteiger partial charge in [-0.2, -0.15) is 0 Å². The Morgan fingerprint density at radius 1 is 0.957 bits per heavy atom. The number of aliphatic hydroxyl groups excluding tert-OH is 1. The Morgan fingerprint density at radius 3 is 2.35 bits per heavy atom. The number of aliphatic hydroxyl groups is 1. The molecule has 0 unspecified atom stereocenters. The van der Waals surface area contributed by atoms with Crippen molar-refractivity contribution in [3.63, 3.8) is 0 Å². The van der Waals surface area contributed by atoms with Crippen molar-refractivity contribution >= 4 is 0 Å². The van der Waals surface area contributed by atoms with Gasteiger partial charge in [0.15, 0.2) is 23.0 Å². The maximum atomic E-state index is 9.86. The van der Waals surface area contributed by atoms with Gasteiger partial charge in [0.05, 0.1) is 33.9 Å². The number of para-hydroxylation sites is 1. The van der Waals surface area contributed by atoms with Gasteiger partial charge in [-0.15, -0.1) is 0 Å². The van der Waals surface area contributed by atoms with E-state index in [0.717, 1.165) is 11.1 Å². The van der Waals surface area contributed by atoms with Gasteiger partial charge in [0.25, 0.3) is 0 Å². The highest BCUT2D eigenvalue weighted by atomic mass is 16.5. The Bertz CT molecular complexity index is 698. The monoisotopic (exact) mass is 316 g/mol. The summed E-state index contributed by atoms with van der Waals surface area (Å²) >= 11 is 0. The smallest absolute Gasteiger partial charge is 0.165 e. The van der Waals surface area contributed by atoms with E-state index in [4.69, 9.17) is 18.9 Å². The quantitative estimate of drug-likeness (QED) is 0.919. The fourth-order valence-corrected chi connectivity index (χ4v) is 3.01. The second-order valence-corrected chi connectivity index (χ2v) is 5.32. The molecule has 1 heterocycles. The van der Waals surface area contributed by atoms with Crippen LogP contribution in [0, 0.1) is 0 Å². The minimum Gasteiger partial charge on any atom is -0.493 e. The second-order valence-electron chi connectivity index (χ2n) is 5.32. The maximum Gasteiger partial charge on any atom is 0.165 e. The van der Waals surface area contributed by atoms with Gasteiger partial charge in [-0.25, -0.2) is 0 Å². The van der Waals surface area contributed by atoms with Crippen LogP contribution in [0.5, 0.6) is 23.0 Å². The summed E-state index contributed by atoms with van der Waals surface area (Å²) in [5.41, 5.74) is 1.87. The van der Waals surface area contributed by atoms with Crippen molar-refractivity contribution in [2.45, 2.75) is 12.0 Å². The number of hydrogen-bond donors (Lipinski definition) is 1. The molecule has 5 nitrogen and oxygen atoms in total. The van der Waals surface area contributed by atoms with E-state index in [0.29, 0.717) is 23.0 Å². The molecular formula is C18H20O5. The lowest BCUT2D eigenvalue weighted by Gasteiger charge is -2.19. The molecule has 0 saturated carbocycles. The zero-order valence-electron chi connectivity index (χ0n) is 13.4. The summed E-state index contributed by atoms with van der Waals surface area (Å²) in [6.07, 6.45) is -0.300. The lowest BCUT2D eigenvalue weighted by molar-refractivity contribution is 0.156. The fourth-order valence-electron chi connectivity index (χ4n) is 3.01. The van der Waals surface area contributed by atoms with E-state index < -0.39 is 0 Å². The molecule has 1 aliphatic heterocycles. The van der Waals surface area contributed by atoms with E-state index in [1.165, 1.54) is 0 Å². The van der Waals surface area contributed by atoms with Crippen molar-refractivity contribution in [3.05, 3.63) is 47.5 Å². The first-order valence-corrected chi connectivity index (χ1v) is 7.39. The maximum absolute atomic E-state index is 9.86. The molecule has 0 spiro atoms. The van der Waals surface area contributed by atoms with Gasteiger partial charge in [0.1, 0.15) is 6.10 Å². The van der Waals surface area contributed by atoms with Gasteiger partial charge < -0.3 is 24.1 Å². The Morgan fingerprint density at radius 2 is 1.70 bits per heavy atom. The molecule has 0 radical (unpaired) electrons. The minimum atomic E-state index is -0.300. The minimum absolute atomic E-state index is 0.0147. The second kappa shape index (κ2) is 6.38. The molecule has 5 heteroatoms. The topological polar surface area (TPSA) is 57.2 Å². The zero-order chi connectivity index (χ0) is 16.4. The third kappa shape index (κ3) is 2.57. The van der Waals surface area contributed by atoms with E-state index in [1.807, 2.05) is 36.4 Å². The van der Waals surface area contributed by atoms with E-state index in [1.54, 1.807) is 21.3 Å². The predicted octanol–water partition coefficient (Wildman–Crippen LogP) is 2.92. The number of rotatable bonds is 5. The third-order valence-electron chi connectivity index (χ3n) is 4.17. The summed E-state index contributed by atoms with van der Waals surface area (Å²) in [4.78, 5) is 0. The number of hydrogen-bond acceptors (Lipinski definition) is 5. The van der Waals surface area contributed by atoms with Crippen molar-refractivity contribution in [1.82, 2.24) is 0 Å². The van der Waals surface area contributed by atoms with Crippen LogP contribution >= 0.6 is 0 Å². The van der Waals surface area contributed by atoms with Gasteiger partial charge in [-0.05, 0) is 23.8 Å². The van der Waals surface area contributed by atoms with Gasteiger partial charge >= 0.3 is 0 Å². The summed E-state index contributed by atoms with van der Waals surface area (Å²) in [6, 6.07) is 11.4. The highest BCUT2D eigenvalue weighted by molar-refractivity contribution is 5.54. The first-order valence-electron chi connectivity index (χ1n) is 7.39. The first-order chi connectivity index (χ1) is 11.2. The van der Waals surface area contributed by atoms with E-state index in [-0.39, 0.29) is 18.6 Å². The summed E-state index contributed by atoms with van der Waals surface area (Å²) in [6.45, 7) is -0.0147. The number of benzene rings is 2. The Kier molecular flexibility index (Phi) is 4.30. The number of ether oxygens (including phenoxy) is 4. The Balaban J connectivity index is 2.01. The summed E-state index contributed by atoms with van der Waals surface area (Å²) < 4.78 is 22.1. The van der Waals surface area contributed by atoms with Crippen LogP contribution in [-0.4, -0.2) is 33.0 Å². The van der Waals surface area contributed by atoms with Gasteiger partial charge in [-0.3, -0.25) is 0 Å². The highest BCUT2D eigenvalue weighted by Gasteiger charge is 2.37. The highest BCUT2D eigenvalue weighted by Crippen LogP contribution is 2.50. The van der Waals surface area contributed by atoms with Gasteiger partial charge in [-0.1, -0.05) is 18.2 Å². The lowest BCUT2D eigenvalue weighted by atomic mass is 9.91. The number of methoxy groups -OCH3 is 3. The average molecular weight is 316 g/mol. The van der Waals surface area contributed by atoms with Crippen LogP contribution in [0.2, 0.25) is 0 Å². The third-order valence-corrected chi connectivity index (χ3v) is 4.17. The first kappa shape index (κ1) is 15.5. The summed E-state index contributed by atoms with van der Waals surface area (Å²) in [5.74, 6) is 2.49. The van der Waals surface area contributed by atoms with Crippen molar-refractivity contribution < 1.29 is 24.1 Å². The molecule has 2 aromatic rings. The summed E-state index contributed by atoms with van der Waals surface area (Å²) in [5, 5.41) is 9.86. The molecule has 0 fully saturated rings. The predicted molar refractivity (Wildman–Crippen MR) is 85.7 cm³/mol. The SMILES string of the molecule is COc1ccc([C@H]2Oc3c(OC)cccc3[C@@H]2CO)cc1OC. The van der Waals surface area contributed by atoms with Crippen molar-refractivity contribution in [3.8, 4) is 23.0 Å². The standard InChI is InChI=1S/C18H20O5/c1-20-14-8-7-11(9-16(14)22-3)17-13(10-19)12-5-4-6-15(21-2)18(12)23-17/h4-9,13,17,19H,10H2,1-3H3/t13-,17+/m0/s1. The molecule has 2 aromatic carbocycles. The Hall–Kier alpha value is -2.40. The summed E-state index contributed by atoms with van der Waals surface area (Å²) in [7, 11) is 4.80. The van der Waals surface area contributed by atoms with E-state index in [9.17, 15) is 5.11 Å². The van der Waals surface area contributed by atoms with Crippen LogP contribution in [0.3, 0.4) is 0 Å². The molecule has 3 rings (SSSR count). The van der Waals surface area contributed by atoms with Gasteiger partial charge in [0.2, 0.25) is 0 Å². The molecule has 0 aliphatic carbocycles. The zero-order valence-corrected chi connectivity index (χ0v) is 13.4. The molecule has 23 heavy (non-hydrogen) atoms. The fraction of sp³-hybridized carbons (Fsp3) is 0.333. The molecule has 0 aromatic heterocycles. The van der Waals surface area contributed by atoms with E-state index in [2.05, 4.69) is 0 Å². The molecule has 0 saturated heterocycles. The molecule has 0 bridgehead atoms. The molecule has 1 aliphatic rings. The average Bonchev–Trinajstić information content (AvgIpc) is 2.99. The molecule has 0 amide bonds. The van der Waals surface area contributed by atoms with Crippen LogP contribution in [0.4, 0.5) is 0 Å². The molecular weight excluding hydrogens is 296 g/mol. The molecule has 1 N–H and O–H groups in total.